The number of rotatable bonds is 2. The normalized spacial score (nSPS) is 40.3. The van der Waals surface area contributed by atoms with E-state index in [0.29, 0.717) is 6.04 Å². The minimum absolute atomic E-state index is 0.249. The van der Waals surface area contributed by atoms with Crippen LogP contribution in [0, 0.1) is 0 Å². The lowest BCUT2D eigenvalue weighted by molar-refractivity contribution is -0.110. The molecule has 3 heteroatoms. The third kappa shape index (κ3) is 3.02. The molecule has 120 valence electrons. The summed E-state index contributed by atoms with van der Waals surface area (Å²) >= 11 is 0. The molecular weight excluding hydrogens is 260 g/mol. The van der Waals surface area contributed by atoms with Crippen LogP contribution in [0.2, 0.25) is 0 Å². The van der Waals surface area contributed by atoms with E-state index in [-0.39, 0.29) is 5.60 Å². The fourth-order valence-electron chi connectivity index (χ4n) is 5.46. The zero-order chi connectivity index (χ0) is 14.1. The Balaban J connectivity index is 1.36. The molecule has 3 saturated heterocycles. The van der Waals surface area contributed by atoms with Crippen LogP contribution in [-0.2, 0) is 4.74 Å². The second-order valence-electron chi connectivity index (χ2n) is 7.94. The van der Waals surface area contributed by atoms with E-state index in [9.17, 15) is 0 Å². The van der Waals surface area contributed by atoms with E-state index < -0.39 is 0 Å². The molecule has 3 nitrogen and oxygen atoms in total. The Morgan fingerprint density at radius 1 is 0.905 bits per heavy atom. The van der Waals surface area contributed by atoms with Gasteiger partial charge in [0.1, 0.15) is 0 Å². The van der Waals surface area contributed by atoms with E-state index in [4.69, 9.17) is 4.74 Å². The van der Waals surface area contributed by atoms with Gasteiger partial charge in [0.15, 0.2) is 0 Å². The van der Waals surface area contributed by atoms with Crippen molar-refractivity contribution in [2.45, 2.75) is 94.4 Å². The molecular formula is C18H32N2O. The maximum Gasteiger partial charge on any atom is 0.0697 e. The molecule has 4 aliphatic rings. The topological polar surface area (TPSA) is 24.5 Å². The molecule has 3 aliphatic heterocycles. The van der Waals surface area contributed by atoms with Crippen LogP contribution >= 0.6 is 0 Å². The van der Waals surface area contributed by atoms with Gasteiger partial charge in [0.25, 0.3) is 0 Å². The van der Waals surface area contributed by atoms with E-state index in [1.165, 1.54) is 83.7 Å². The third-order valence-electron chi connectivity index (χ3n) is 6.56. The van der Waals surface area contributed by atoms with Crippen LogP contribution in [0.4, 0.5) is 0 Å². The highest BCUT2D eigenvalue weighted by atomic mass is 16.5. The van der Waals surface area contributed by atoms with Gasteiger partial charge in [0, 0.05) is 31.3 Å². The van der Waals surface area contributed by atoms with Crippen molar-refractivity contribution in [2.75, 3.05) is 19.7 Å². The Labute approximate surface area is 129 Å². The van der Waals surface area contributed by atoms with E-state index >= 15 is 0 Å². The van der Waals surface area contributed by atoms with Crippen molar-refractivity contribution in [1.82, 2.24) is 10.2 Å². The van der Waals surface area contributed by atoms with E-state index in [1.807, 2.05) is 0 Å². The zero-order valence-electron chi connectivity index (χ0n) is 13.5. The predicted octanol–water partition coefficient (Wildman–Crippen LogP) is 3.08. The van der Waals surface area contributed by atoms with Crippen LogP contribution in [0.5, 0.6) is 0 Å². The predicted molar refractivity (Wildman–Crippen MR) is 85.5 cm³/mol. The van der Waals surface area contributed by atoms with Gasteiger partial charge in [-0.15, -0.1) is 0 Å². The minimum Gasteiger partial charge on any atom is -0.375 e. The van der Waals surface area contributed by atoms with Crippen molar-refractivity contribution in [3.8, 4) is 0 Å². The average molecular weight is 292 g/mol. The third-order valence-corrected chi connectivity index (χ3v) is 6.56. The number of piperidine rings is 1. The molecule has 0 aromatic rings. The van der Waals surface area contributed by atoms with Gasteiger partial charge in [-0.3, -0.25) is 4.90 Å². The highest BCUT2D eigenvalue weighted by Crippen LogP contribution is 2.39. The van der Waals surface area contributed by atoms with Crippen molar-refractivity contribution in [2.24, 2.45) is 0 Å². The molecule has 4 rings (SSSR count). The number of hydrogen-bond acceptors (Lipinski definition) is 3. The smallest absolute Gasteiger partial charge is 0.0697 e. The zero-order valence-corrected chi connectivity index (χ0v) is 13.5. The first-order chi connectivity index (χ1) is 10.3. The Kier molecular flexibility index (Phi) is 4.25. The second-order valence-corrected chi connectivity index (χ2v) is 7.94. The Morgan fingerprint density at radius 2 is 1.81 bits per heavy atom. The monoisotopic (exact) mass is 292 g/mol. The number of nitrogens with zero attached hydrogens (tertiary/aromatic N) is 1. The maximum absolute atomic E-state index is 6.26. The summed E-state index contributed by atoms with van der Waals surface area (Å²) in [6.45, 7) is 3.66. The summed E-state index contributed by atoms with van der Waals surface area (Å²) < 4.78 is 6.26. The van der Waals surface area contributed by atoms with Crippen molar-refractivity contribution < 1.29 is 4.74 Å². The first-order valence-electron chi connectivity index (χ1n) is 9.49. The summed E-state index contributed by atoms with van der Waals surface area (Å²) in [6.07, 6.45) is 15.0. The Morgan fingerprint density at radius 3 is 2.71 bits per heavy atom. The first kappa shape index (κ1) is 14.5. The number of fused-ring (bicyclic) bond motifs is 1. The molecule has 0 aromatic carbocycles. The molecule has 1 spiro atoms. The van der Waals surface area contributed by atoms with Crippen molar-refractivity contribution in [3.63, 3.8) is 0 Å². The lowest BCUT2D eigenvalue weighted by atomic mass is 9.78. The van der Waals surface area contributed by atoms with E-state index in [2.05, 4.69) is 10.2 Å². The highest BCUT2D eigenvalue weighted by Gasteiger charge is 2.41. The van der Waals surface area contributed by atoms with Gasteiger partial charge in [-0.05, 0) is 51.5 Å². The van der Waals surface area contributed by atoms with Gasteiger partial charge >= 0.3 is 0 Å². The SMILES string of the molecule is C1CCC2(CC1)CC(NC1CCN3CCCCC13)CCO2. The fourth-order valence-corrected chi connectivity index (χ4v) is 5.46. The largest absolute Gasteiger partial charge is 0.375 e. The van der Waals surface area contributed by atoms with Crippen LogP contribution in [0.3, 0.4) is 0 Å². The van der Waals surface area contributed by atoms with Gasteiger partial charge in [0.05, 0.1) is 5.60 Å². The summed E-state index contributed by atoms with van der Waals surface area (Å²) in [4.78, 5) is 2.75. The fraction of sp³-hybridized carbons (Fsp3) is 1.00. The summed E-state index contributed by atoms with van der Waals surface area (Å²) in [7, 11) is 0. The van der Waals surface area contributed by atoms with Crippen LogP contribution < -0.4 is 5.32 Å². The number of hydrogen-bond donors (Lipinski definition) is 1. The molecule has 0 bridgehead atoms. The molecule has 0 radical (unpaired) electrons. The van der Waals surface area contributed by atoms with Gasteiger partial charge < -0.3 is 10.1 Å². The molecule has 0 aromatic heterocycles. The second kappa shape index (κ2) is 6.17. The molecule has 3 atom stereocenters. The van der Waals surface area contributed by atoms with Gasteiger partial charge in [0.2, 0.25) is 0 Å². The first-order valence-corrected chi connectivity index (χ1v) is 9.49. The molecule has 1 saturated carbocycles. The number of ether oxygens (including phenoxy) is 1. The lowest BCUT2D eigenvalue weighted by Crippen LogP contribution is -2.53. The van der Waals surface area contributed by atoms with Crippen molar-refractivity contribution in [3.05, 3.63) is 0 Å². The quantitative estimate of drug-likeness (QED) is 0.846. The molecule has 21 heavy (non-hydrogen) atoms. The molecule has 4 fully saturated rings. The Hall–Kier alpha value is -0.120. The summed E-state index contributed by atoms with van der Waals surface area (Å²) in [6, 6.07) is 2.31. The number of nitrogens with one attached hydrogen (secondary N) is 1. The molecule has 1 aliphatic carbocycles. The molecule has 3 heterocycles. The van der Waals surface area contributed by atoms with Crippen LogP contribution in [0.25, 0.3) is 0 Å². The summed E-state index contributed by atoms with van der Waals surface area (Å²) in [5.74, 6) is 0. The van der Waals surface area contributed by atoms with E-state index in [0.717, 1.165) is 18.7 Å². The summed E-state index contributed by atoms with van der Waals surface area (Å²) in [5, 5.41) is 4.07. The highest BCUT2D eigenvalue weighted by molar-refractivity contribution is 4.98. The van der Waals surface area contributed by atoms with Gasteiger partial charge in [-0.25, -0.2) is 0 Å². The minimum atomic E-state index is 0.249. The Bertz CT molecular complexity index is 348. The molecule has 3 unspecified atom stereocenters. The van der Waals surface area contributed by atoms with Crippen LogP contribution in [0.15, 0.2) is 0 Å². The molecule has 0 amide bonds. The van der Waals surface area contributed by atoms with Crippen LogP contribution in [0.1, 0.15) is 70.6 Å². The van der Waals surface area contributed by atoms with Crippen molar-refractivity contribution >= 4 is 0 Å². The standard InChI is InChI=1S/C18H32N2O/c1-3-9-18(10-4-1)14-15(8-13-21-18)19-16-7-12-20-11-5-2-6-17(16)20/h15-17,19H,1-14H2. The summed E-state index contributed by atoms with van der Waals surface area (Å²) in [5.41, 5.74) is 0.249. The average Bonchev–Trinajstić information content (AvgIpc) is 2.92. The van der Waals surface area contributed by atoms with Gasteiger partial charge in [-0.2, -0.15) is 0 Å². The van der Waals surface area contributed by atoms with Gasteiger partial charge in [-0.1, -0.05) is 25.7 Å². The molecule has 1 N–H and O–H groups in total. The van der Waals surface area contributed by atoms with E-state index in [1.54, 1.807) is 0 Å². The lowest BCUT2D eigenvalue weighted by Gasteiger charge is -2.45. The maximum atomic E-state index is 6.26. The van der Waals surface area contributed by atoms with Crippen molar-refractivity contribution in [1.29, 1.82) is 0 Å². The van der Waals surface area contributed by atoms with Crippen LogP contribution in [-0.4, -0.2) is 48.3 Å².